The fraction of sp³-hybridized carbons (Fsp3) is 0.579. The summed E-state index contributed by atoms with van der Waals surface area (Å²) in [5.74, 6) is -0.914. The van der Waals surface area contributed by atoms with Crippen molar-refractivity contribution in [2.24, 2.45) is 5.73 Å². The number of aliphatic hydroxyl groups is 1. The first-order valence-corrected chi connectivity index (χ1v) is 8.91. The number of primary amides is 1. The van der Waals surface area contributed by atoms with Crippen LogP contribution in [0.2, 0.25) is 0 Å². The summed E-state index contributed by atoms with van der Waals surface area (Å²) in [7, 11) is 0. The van der Waals surface area contributed by atoms with E-state index in [1.54, 1.807) is 17.0 Å². The Morgan fingerprint density at radius 3 is 2.36 bits per heavy atom. The number of β-amino-alcohol motifs (C(OH)–C–C–N with tert-alkyl or cyclic N) is 1. The van der Waals surface area contributed by atoms with Gasteiger partial charge in [0.05, 0.1) is 17.4 Å². The van der Waals surface area contributed by atoms with Gasteiger partial charge in [0.15, 0.2) is 0 Å². The summed E-state index contributed by atoms with van der Waals surface area (Å²) in [6, 6.07) is 6.17. The molecule has 2 amide bonds. The summed E-state index contributed by atoms with van der Waals surface area (Å²) >= 11 is 0. The zero-order chi connectivity index (χ0) is 18.1. The number of likely N-dealkylation sites (tertiary alicyclic amines) is 1. The van der Waals surface area contributed by atoms with Gasteiger partial charge in [0.1, 0.15) is 5.82 Å². The molecule has 3 N–H and O–H groups in total. The van der Waals surface area contributed by atoms with Crippen molar-refractivity contribution in [3.63, 3.8) is 0 Å². The molecule has 1 aromatic carbocycles. The highest BCUT2D eigenvalue weighted by Gasteiger charge is 2.47. The summed E-state index contributed by atoms with van der Waals surface area (Å²) < 4.78 is 13.3. The second kappa shape index (κ2) is 6.75. The number of carbonyl (C=O) groups excluding carboxylic acids is 2. The number of nitrogens with two attached hydrogens (primary N) is 1. The second-order valence-electron chi connectivity index (χ2n) is 7.49. The maximum atomic E-state index is 13.4. The largest absolute Gasteiger partial charge is 0.388 e. The van der Waals surface area contributed by atoms with Gasteiger partial charge in [0.2, 0.25) is 11.8 Å². The highest BCUT2D eigenvalue weighted by Crippen LogP contribution is 2.43. The lowest BCUT2D eigenvalue weighted by atomic mass is 9.76. The number of carbonyl (C=O) groups is 2. The Balaban J connectivity index is 1.86. The predicted molar refractivity (Wildman–Crippen MR) is 91.1 cm³/mol. The van der Waals surface area contributed by atoms with Gasteiger partial charge < -0.3 is 15.7 Å². The third kappa shape index (κ3) is 3.54. The van der Waals surface area contributed by atoms with E-state index in [-0.39, 0.29) is 24.7 Å². The molecule has 6 heteroatoms. The minimum atomic E-state index is -1.25. The highest BCUT2D eigenvalue weighted by molar-refractivity contribution is 5.89. The summed E-state index contributed by atoms with van der Waals surface area (Å²) in [6.45, 7) is 0.681. The van der Waals surface area contributed by atoms with Crippen molar-refractivity contribution in [2.45, 2.75) is 56.0 Å². The van der Waals surface area contributed by atoms with Crippen LogP contribution in [-0.2, 0) is 15.0 Å². The van der Waals surface area contributed by atoms with Gasteiger partial charge in [-0.2, -0.15) is 0 Å². The monoisotopic (exact) mass is 348 g/mol. The third-order valence-corrected chi connectivity index (χ3v) is 5.61. The molecule has 25 heavy (non-hydrogen) atoms. The molecule has 1 aliphatic heterocycles. The molecule has 1 unspecified atom stereocenters. The summed E-state index contributed by atoms with van der Waals surface area (Å²) in [6.07, 6.45) is 4.30. The molecule has 5 nitrogen and oxygen atoms in total. The minimum absolute atomic E-state index is 0.0285. The molecule has 1 atom stereocenters. The average molecular weight is 348 g/mol. The van der Waals surface area contributed by atoms with E-state index in [2.05, 4.69) is 0 Å². The molecule has 2 aliphatic rings. The van der Waals surface area contributed by atoms with Gasteiger partial charge in [-0.3, -0.25) is 9.59 Å². The second-order valence-corrected chi connectivity index (χ2v) is 7.49. The maximum absolute atomic E-state index is 13.4. The Kier molecular flexibility index (Phi) is 4.82. The Labute approximate surface area is 147 Å². The van der Waals surface area contributed by atoms with Crippen LogP contribution in [0, 0.1) is 5.82 Å². The van der Waals surface area contributed by atoms with E-state index in [0.717, 1.165) is 31.2 Å². The lowest BCUT2D eigenvalue weighted by molar-refractivity contribution is -0.147. The number of amides is 2. The zero-order valence-electron chi connectivity index (χ0n) is 14.3. The van der Waals surface area contributed by atoms with E-state index in [0.29, 0.717) is 19.4 Å². The standard InChI is InChI=1S/C19H25FN2O3/c20-15-6-4-14(5-7-15)19(9-1-2-10-19)17(24)22-11-3-8-18(25,13-22)12-16(21)23/h4-7,25H,1-3,8-13H2,(H2,21,23). The number of hydrogen-bond donors (Lipinski definition) is 2. The van der Waals surface area contributed by atoms with Crippen LogP contribution in [0.4, 0.5) is 4.39 Å². The first kappa shape index (κ1) is 17.9. The SMILES string of the molecule is NC(=O)CC1(O)CCCN(C(=O)C2(c3ccc(F)cc3)CCCC2)C1. The van der Waals surface area contributed by atoms with Crippen LogP contribution < -0.4 is 5.73 Å². The van der Waals surface area contributed by atoms with Gasteiger partial charge in [0.25, 0.3) is 0 Å². The predicted octanol–water partition coefficient (Wildman–Crippen LogP) is 1.87. The van der Waals surface area contributed by atoms with Gasteiger partial charge >= 0.3 is 0 Å². The van der Waals surface area contributed by atoms with Crippen LogP contribution >= 0.6 is 0 Å². The molecule has 0 radical (unpaired) electrons. The van der Waals surface area contributed by atoms with Crippen molar-refractivity contribution in [1.82, 2.24) is 4.90 Å². The maximum Gasteiger partial charge on any atom is 0.233 e. The Morgan fingerprint density at radius 1 is 1.12 bits per heavy atom. The van der Waals surface area contributed by atoms with E-state index in [1.807, 2.05) is 0 Å². The fourth-order valence-corrected chi connectivity index (χ4v) is 4.43. The molecule has 3 rings (SSSR count). The normalized spacial score (nSPS) is 25.8. The summed E-state index contributed by atoms with van der Waals surface area (Å²) in [4.78, 5) is 26.3. The van der Waals surface area contributed by atoms with Crippen LogP contribution in [0.25, 0.3) is 0 Å². The number of nitrogens with zero attached hydrogens (tertiary/aromatic N) is 1. The van der Waals surface area contributed by atoms with Gasteiger partial charge in [-0.05, 0) is 43.4 Å². The molecule has 0 bridgehead atoms. The molecule has 1 saturated heterocycles. The molecule has 2 fully saturated rings. The lowest BCUT2D eigenvalue weighted by Crippen LogP contribution is -2.56. The van der Waals surface area contributed by atoms with Crippen molar-refractivity contribution in [3.05, 3.63) is 35.6 Å². The van der Waals surface area contributed by atoms with E-state index >= 15 is 0 Å². The van der Waals surface area contributed by atoms with E-state index in [1.165, 1.54) is 12.1 Å². The molecule has 1 aromatic rings. The number of halogens is 1. The van der Waals surface area contributed by atoms with Gasteiger partial charge in [-0.1, -0.05) is 25.0 Å². The first-order valence-electron chi connectivity index (χ1n) is 8.91. The van der Waals surface area contributed by atoms with Crippen LogP contribution in [0.3, 0.4) is 0 Å². The molecule has 0 aromatic heterocycles. The van der Waals surface area contributed by atoms with Crippen molar-refractivity contribution < 1.29 is 19.1 Å². The quantitative estimate of drug-likeness (QED) is 0.871. The lowest BCUT2D eigenvalue weighted by Gasteiger charge is -2.42. The number of rotatable bonds is 4. The molecule has 136 valence electrons. The van der Waals surface area contributed by atoms with Gasteiger partial charge in [0, 0.05) is 13.1 Å². The van der Waals surface area contributed by atoms with Crippen molar-refractivity contribution in [2.75, 3.05) is 13.1 Å². The molecule has 1 aliphatic carbocycles. The Morgan fingerprint density at radius 2 is 1.76 bits per heavy atom. The van der Waals surface area contributed by atoms with Crippen LogP contribution in [-0.4, -0.2) is 40.5 Å². The van der Waals surface area contributed by atoms with E-state index in [4.69, 9.17) is 5.73 Å². The summed E-state index contributed by atoms with van der Waals surface area (Å²) in [5.41, 5.74) is 4.18. The van der Waals surface area contributed by atoms with Crippen molar-refractivity contribution >= 4 is 11.8 Å². The van der Waals surface area contributed by atoms with Crippen molar-refractivity contribution in [1.29, 1.82) is 0 Å². The topological polar surface area (TPSA) is 83.6 Å². The molecule has 0 spiro atoms. The summed E-state index contributed by atoms with van der Waals surface area (Å²) in [5, 5.41) is 10.7. The van der Waals surface area contributed by atoms with Crippen molar-refractivity contribution in [3.8, 4) is 0 Å². The van der Waals surface area contributed by atoms with Crippen LogP contribution in [0.1, 0.15) is 50.5 Å². The Hall–Kier alpha value is -1.95. The van der Waals surface area contributed by atoms with E-state index < -0.39 is 16.9 Å². The molecule has 1 heterocycles. The van der Waals surface area contributed by atoms with E-state index in [9.17, 15) is 19.1 Å². The molecule has 1 saturated carbocycles. The third-order valence-electron chi connectivity index (χ3n) is 5.61. The number of piperidine rings is 1. The highest BCUT2D eigenvalue weighted by atomic mass is 19.1. The Bertz CT molecular complexity index is 655. The van der Waals surface area contributed by atoms with Crippen LogP contribution in [0.5, 0.6) is 0 Å². The smallest absolute Gasteiger partial charge is 0.233 e. The van der Waals surface area contributed by atoms with Gasteiger partial charge in [-0.25, -0.2) is 4.39 Å². The zero-order valence-corrected chi connectivity index (χ0v) is 14.3. The average Bonchev–Trinajstić information content (AvgIpc) is 3.04. The number of benzene rings is 1. The fourth-order valence-electron chi connectivity index (χ4n) is 4.43. The minimum Gasteiger partial charge on any atom is -0.388 e. The molecular formula is C19H25FN2O3. The van der Waals surface area contributed by atoms with Gasteiger partial charge in [-0.15, -0.1) is 0 Å². The van der Waals surface area contributed by atoms with Crippen LogP contribution in [0.15, 0.2) is 24.3 Å². The first-order chi connectivity index (χ1) is 11.8. The molecular weight excluding hydrogens is 323 g/mol. The number of hydrogen-bond acceptors (Lipinski definition) is 3.